The topological polar surface area (TPSA) is 106 Å². The zero-order valence-electron chi connectivity index (χ0n) is 15.9. The maximum absolute atomic E-state index is 12.7. The van der Waals surface area contributed by atoms with Crippen molar-refractivity contribution in [3.05, 3.63) is 74.7 Å². The molecule has 1 heterocycles. The predicted molar refractivity (Wildman–Crippen MR) is 112 cm³/mol. The highest BCUT2D eigenvalue weighted by Gasteiger charge is 2.14. The highest BCUT2D eigenvalue weighted by atomic mass is 35.5. The SMILES string of the molecule is COc1cc(-n2[nH]c(C)c(C=NNS(=O)(=O)c3ccc(C)cc3)c2=O)ccc1Cl. The number of H-pyrrole nitrogens is 1. The summed E-state index contributed by atoms with van der Waals surface area (Å²) >= 11 is 6.02. The first-order chi connectivity index (χ1) is 13.7. The van der Waals surface area contributed by atoms with Gasteiger partial charge in [0.05, 0.1) is 34.5 Å². The molecule has 29 heavy (non-hydrogen) atoms. The lowest BCUT2D eigenvalue weighted by atomic mass is 10.2. The van der Waals surface area contributed by atoms with Gasteiger partial charge in [0.1, 0.15) is 5.75 Å². The summed E-state index contributed by atoms with van der Waals surface area (Å²) in [6.07, 6.45) is 1.17. The van der Waals surface area contributed by atoms with Gasteiger partial charge >= 0.3 is 0 Å². The Morgan fingerprint density at radius 3 is 2.52 bits per heavy atom. The lowest BCUT2D eigenvalue weighted by molar-refractivity contribution is 0.414. The summed E-state index contributed by atoms with van der Waals surface area (Å²) in [6, 6.07) is 11.2. The van der Waals surface area contributed by atoms with Gasteiger partial charge in [-0.1, -0.05) is 29.3 Å². The summed E-state index contributed by atoms with van der Waals surface area (Å²) in [4.78, 5) is 14.9. The molecule has 8 nitrogen and oxygen atoms in total. The number of benzene rings is 2. The average molecular weight is 435 g/mol. The van der Waals surface area contributed by atoms with E-state index in [1.54, 1.807) is 37.3 Å². The Morgan fingerprint density at radius 1 is 1.17 bits per heavy atom. The number of hydrogen-bond donors (Lipinski definition) is 2. The molecule has 152 valence electrons. The smallest absolute Gasteiger partial charge is 0.280 e. The lowest BCUT2D eigenvalue weighted by Gasteiger charge is -2.06. The number of aromatic amines is 1. The fourth-order valence-electron chi connectivity index (χ4n) is 2.61. The first kappa shape index (κ1) is 20.7. The van der Waals surface area contributed by atoms with Crippen LogP contribution < -0.4 is 15.1 Å². The van der Waals surface area contributed by atoms with Gasteiger partial charge in [0.15, 0.2) is 0 Å². The van der Waals surface area contributed by atoms with Gasteiger partial charge < -0.3 is 4.74 Å². The van der Waals surface area contributed by atoms with Crippen LogP contribution in [-0.2, 0) is 10.0 Å². The molecule has 0 radical (unpaired) electrons. The molecule has 0 aliphatic heterocycles. The quantitative estimate of drug-likeness (QED) is 0.459. The van der Waals surface area contributed by atoms with E-state index in [0.717, 1.165) is 5.56 Å². The summed E-state index contributed by atoms with van der Waals surface area (Å²) in [5, 5.41) is 7.09. The Morgan fingerprint density at radius 2 is 1.86 bits per heavy atom. The third kappa shape index (κ3) is 4.36. The van der Waals surface area contributed by atoms with Gasteiger partial charge in [-0.3, -0.25) is 9.89 Å². The van der Waals surface area contributed by atoms with Crippen LogP contribution in [0.15, 0.2) is 57.3 Å². The summed E-state index contributed by atoms with van der Waals surface area (Å²) in [5.41, 5.74) is 1.78. The summed E-state index contributed by atoms with van der Waals surface area (Å²) < 4.78 is 31.0. The predicted octanol–water partition coefficient (Wildman–Crippen LogP) is 2.76. The molecular formula is C19H19ClN4O4S. The van der Waals surface area contributed by atoms with E-state index in [1.165, 1.54) is 30.1 Å². The van der Waals surface area contributed by atoms with Gasteiger partial charge in [-0.15, -0.1) is 0 Å². The molecule has 1 aromatic heterocycles. The minimum atomic E-state index is -3.83. The van der Waals surface area contributed by atoms with Crippen LogP contribution in [0.5, 0.6) is 5.75 Å². The number of hydrogen-bond acceptors (Lipinski definition) is 5. The van der Waals surface area contributed by atoms with Crippen molar-refractivity contribution in [2.24, 2.45) is 5.10 Å². The Kier molecular flexibility index (Phi) is 5.81. The van der Waals surface area contributed by atoms with Crippen molar-refractivity contribution in [3.8, 4) is 11.4 Å². The average Bonchev–Trinajstić information content (AvgIpc) is 2.97. The molecule has 0 unspecified atom stereocenters. The summed E-state index contributed by atoms with van der Waals surface area (Å²) in [6.45, 7) is 3.54. The van der Waals surface area contributed by atoms with Crippen LogP contribution in [0.25, 0.3) is 5.69 Å². The van der Waals surface area contributed by atoms with Gasteiger partial charge in [-0.25, -0.2) is 9.51 Å². The zero-order chi connectivity index (χ0) is 21.2. The Hall–Kier alpha value is -3.04. The second kappa shape index (κ2) is 8.14. The van der Waals surface area contributed by atoms with Gasteiger partial charge in [0.25, 0.3) is 15.6 Å². The molecule has 0 amide bonds. The molecule has 2 aromatic carbocycles. The molecule has 0 bridgehead atoms. The van der Waals surface area contributed by atoms with Crippen LogP contribution in [0.2, 0.25) is 5.02 Å². The number of aromatic nitrogens is 2. The van der Waals surface area contributed by atoms with Crippen molar-refractivity contribution in [1.29, 1.82) is 0 Å². The minimum absolute atomic E-state index is 0.0803. The molecule has 0 aliphatic carbocycles. The molecule has 0 saturated heterocycles. The molecule has 2 N–H and O–H groups in total. The Labute approximate surface area is 172 Å². The number of nitrogens with zero attached hydrogens (tertiary/aromatic N) is 2. The first-order valence-corrected chi connectivity index (χ1v) is 10.4. The molecule has 0 aliphatic rings. The summed E-state index contributed by atoms with van der Waals surface area (Å²) in [5.74, 6) is 0.421. The summed E-state index contributed by atoms with van der Waals surface area (Å²) in [7, 11) is -2.35. The van der Waals surface area contributed by atoms with E-state index in [-0.39, 0.29) is 10.5 Å². The molecule has 0 saturated carbocycles. The van der Waals surface area contributed by atoms with Crippen LogP contribution >= 0.6 is 11.6 Å². The molecule has 3 aromatic rings. The number of halogens is 1. The van der Waals surface area contributed by atoms with E-state index in [9.17, 15) is 13.2 Å². The van der Waals surface area contributed by atoms with Gasteiger partial charge in [0, 0.05) is 11.8 Å². The largest absolute Gasteiger partial charge is 0.495 e. The number of rotatable bonds is 6. The molecule has 0 fully saturated rings. The van der Waals surface area contributed by atoms with Gasteiger partial charge in [-0.05, 0) is 38.1 Å². The standard InChI is InChI=1S/C19H19ClN4O4S/c1-12-4-7-15(8-5-12)29(26,27)23-21-11-16-13(2)22-24(19(16)25)14-6-9-17(20)18(10-14)28-3/h4-11,22-23H,1-3H3. The maximum Gasteiger partial charge on any atom is 0.280 e. The van der Waals surface area contributed by atoms with Crippen LogP contribution in [0.3, 0.4) is 0 Å². The van der Waals surface area contributed by atoms with Crippen LogP contribution in [-0.4, -0.2) is 31.5 Å². The van der Waals surface area contributed by atoms with Crippen LogP contribution in [0, 0.1) is 13.8 Å². The second-order valence-electron chi connectivity index (χ2n) is 6.28. The van der Waals surface area contributed by atoms with Crippen LogP contribution in [0.1, 0.15) is 16.8 Å². The molecule has 3 rings (SSSR count). The number of methoxy groups -OCH3 is 1. The Balaban J connectivity index is 1.87. The minimum Gasteiger partial charge on any atom is -0.495 e. The van der Waals surface area contributed by atoms with E-state index < -0.39 is 15.6 Å². The van der Waals surface area contributed by atoms with Crippen molar-refractivity contribution in [1.82, 2.24) is 14.6 Å². The highest BCUT2D eigenvalue weighted by molar-refractivity contribution is 7.89. The van der Waals surface area contributed by atoms with Crippen molar-refractivity contribution in [2.45, 2.75) is 18.7 Å². The van der Waals surface area contributed by atoms with Crippen molar-refractivity contribution in [3.63, 3.8) is 0 Å². The van der Waals surface area contributed by atoms with E-state index in [4.69, 9.17) is 16.3 Å². The third-order valence-corrected chi connectivity index (χ3v) is 5.76. The maximum atomic E-state index is 12.7. The van der Waals surface area contributed by atoms with Gasteiger partial charge in [-0.2, -0.15) is 13.5 Å². The highest BCUT2D eigenvalue weighted by Crippen LogP contribution is 2.26. The van der Waals surface area contributed by atoms with Crippen molar-refractivity contribution in [2.75, 3.05) is 7.11 Å². The van der Waals surface area contributed by atoms with E-state index in [2.05, 4.69) is 15.0 Å². The fourth-order valence-corrected chi connectivity index (χ4v) is 3.60. The zero-order valence-corrected chi connectivity index (χ0v) is 17.5. The number of nitrogens with one attached hydrogen (secondary N) is 2. The molecule has 0 spiro atoms. The monoisotopic (exact) mass is 434 g/mol. The number of hydrazone groups is 1. The van der Waals surface area contributed by atoms with E-state index in [0.29, 0.717) is 22.2 Å². The molecule has 0 atom stereocenters. The van der Waals surface area contributed by atoms with Crippen molar-refractivity contribution < 1.29 is 13.2 Å². The Bertz CT molecular complexity index is 1230. The van der Waals surface area contributed by atoms with Gasteiger partial charge in [0.2, 0.25) is 0 Å². The normalized spacial score (nSPS) is 11.7. The fraction of sp³-hybridized carbons (Fsp3) is 0.158. The molecular weight excluding hydrogens is 416 g/mol. The van der Waals surface area contributed by atoms with Crippen molar-refractivity contribution >= 4 is 27.8 Å². The van der Waals surface area contributed by atoms with Crippen LogP contribution in [0.4, 0.5) is 0 Å². The van der Waals surface area contributed by atoms with E-state index in [1.807, 2.05) is 6.92 Å². The second-order valence-corrected chi connectivity index (χ2v) is 8.34. The lowest BCUT2D eigenvalue weighted by Crippen LogP contribution is -2.20. The number of aryl methyl sites for hydroxylation is 2. The number of ether oxygens (including phenoxy) is 1. The number of sulfonamides is 1. The first-order valence-electron chi connectivity index (χ1n) is 8.50. The van der Waals surface area contributed by atoms with E-state index >= 15 is 0 Å². The molecule has 10 heteroatoms. The third-order valence-electron chi connectivity index (χ3n) is 4.21.